The van der Waals surface area contributed by atoms with Gasteiger partial charge in [-0.15, -0.1) is 0 Å². The van der Waals surface area contributed by atoms with Crippen LogP contribution in [0.3, 0.4) is 0 Å². The summed E-state index contributed by atoms with van der Waals surface area (Å²) in [5.41, 5.74) is 11.6. The fourth-order valence-electron chi connectivity index (χ4n) is 10.9. The minimum Gasteiger partial charge on any atom is -0.0839 e. The molecule has 0 amide bonds. The summed E-state index contributed by atoms with van der Waals surface area (Å²) in [5.74, 6) is 0.347. The highest BCUT2D eigenvalue weighted by atomic mass is 14.5. The molecule has 2 atom stereocenters. The van der Waals surface area contributed by atoms with Gasteiger partial charge in [0.25, 0.3) is 0 Å². The van der Waals surface area contributed by atoms with Gasteiger partial charge in [0.15, 0.2) is 6.71 Å². The molecule has 6 aromatic rings. The molecule has 254 valence electrons. The fourth-order valence-corrected chi connectivity index (χ4v) is 10.9. The molecule has 0 aromatic heterocycles. The summed E-state index contributed by atoms with van der Waals surface area (Å²) in [7, 11) is 0. The average Bonchev–Trinajstić information content (AvgIpc) is 3.60. The molecule has 1 heterocycles. The van der Waals surface area contributed by atoms with Gasteiger partial charge in [-0.1, -0.05) is 179 Å². The van der Waals surface area contributed by atoms with Crippen molar-refractivity contribution < 1.29 is 0 Å². The van der Waals surface area contributed by atoms with Gasteiger partial charge in [0.1, 0.15) is 0 Å². The van der Waals surface area contributed by atoms with E-state index in [1.54, 1.807) is 0 Å². The quantitative estimate of drug-likeness (QED) is 0.129. The van der Waals surface area contributed by atoms with Crippen molar-refractivity contribution in [3.63, 3.8) is 0 Å². The third-order valence-corrected chi connectivity index (χ3v) is 14.1. The maximum Gasteiger partial charge on any atom is 0.177 e. The van der Waals surface area contributed by atoms with E-state index in [2.05, 4.69) is 173 Å². The molecule has 10 rings (SSSR count). The third-order valence-electron chi connectivity index (χ3n) is 14.1. The van der Waals surface area contributed by atoms with Crippen molar-refractivity contribution in [1.29, 1.82) is 0 Å². The molecule has 0 bridgehead atoms. The second-order valence-corrected chi connectivity index (χ2v) is 17.4. The molecule has 1 heteroatoms. The second-order valence-electron chi connectivity index (χ2n) is 17.4. The predicted molar refractivity (Wildman–Crippen MR) is 226 cm³/mol. The molecule has 0 saturated carbocycles. The summed E-state index contributed by atoms with van der Waals surface area (Å²) < 4.78 is 0. The van der Waals surface area contributed by atoms with Crippen LogP contribution < -0.4 is 5.46 Å². The minimum absolute atomic E-state index is 0.225. The molecule has 0 N–H and O–H groups in total. The Morgan fingerprint density at radius 2 is 1.27 bits per heavy atom. The van der Waals surface area contributed by atoms with Crippen LogP contribution in [0.2, 0.25) is 12.6 Å². The van der Waals surface area contributed by atoms with Crippen LogP contribution in [0.25, 0.3) is 54.6 Å². The molecule has 1 fully saturated rings. The SMILES string of the molecule is CC1(C)CB(c2cccc3c4ccccc4c4cc(-c5ccc6c(c5)C(C5=CCCC=C5)(C5C=CC=CC5)c5ccccc5-6)ccc4c23)CC1(C)C. The van der Waals surface area contributed by atoms with Crippen molar-refractivity contribution in [3.05, 3.63) is 162 Å². The van der Waals surface area contributed by atoms with Crippen LogP contribution in [0.15, 0.2) is 151 Å². The minimum atomic E-state index is -0.225. The monoisotopic (exact) mass is 670 g/mol. The first kappa shape index (κ1) is 31.8. The van der Waals surface area contributed by atoms with Crippen LogP contribution in [0.5, 0.6) is 0 Å². The number of rotatable bonds is 4. The van der Waals surface area contributed by atoms with Gasteiger partial charge in [-0.2, -0.15) is 0 Å². The van der Waals surface area contributed by atoms with E-state index in [1.807, 2.05) is 0 Å². The van der Waals surface area contributed by atoms with Crippen LogP contribution in [0.4, 0.5) is 0 Å². The number of hydrogen-bond acceptors (Lipinski definition) is 0. The van der Waals surface area contributed by atoms with E-state index in [1.165, 1.54) is 89.4 Å². The summed E-state index contributed by atoms with van der Waals surface area (Å²) in [6.07, 6.45) is 22.4. The first-order chi connectivity index (χ1) is 25.3. The van der Waals surface area contributed by atoms with Gasteiger partial charge in [-0.05, 0) is 119 Å². The van der Waals surface area contributed by atoms with Crippen LogP contribution in [-0.2, 0) is 5.41 Å². The van der Waals surface area contributed by atoms with Crippen molar-refractivity contribution in [2.24, 2.45) is 16.7 Å². The third kappa shape index (κ3) is 4.47. The Hall–Kier alpha value is -4.88. The molecule has 0 spiro atoms. The molecule has 1 saturated heterocycles. The van der Waals surface area contributed by atoms with E-state index in [4.69, 9.17) is 0 Å². The lowest BCUT2D eigenvalue weighted by atomic mass is 9.41. The molecular formula is C51H47B. The zero-order chi connectivity index (χ0) is 35.2. The molecule has 52 heavy (non-hydrogen) atoms. The highest BCUT2D eigenvalue weighted by molar-refractivity contribution is 6.77. The Bertz CT molecular complexity index is 2550. The highest BCUT2D eigenvalue weighted by Gasteiger charge is 2.50. The van der Waals surface area contributed by atoms with Gasteiger partial charge in [0, 0.05) is 0 Å². The lowest BCUT2D eigenvalue weighted by Crippen LogP contribution is -2.36. The Balaban J connectivity index is 1.20. The highest BCUT2D eigenvalue weighted by Crippen LogP contribution is 2.59. The predicted octanol–water partition coefficient (Wildman–Crippen LogP) is 13.3. The first-order valence-electron chi connectivity index (χ1n) is 19.6. The molecule has 0 nitrogen and oxygen atoms in total. The number of fused-ring (bicyclic) bond motifs is 9. The zero-order valence-corrected chi connectivity index (χ0v) is 31.0. The smallest absolute Gasteiger partial charge is 0.0839 e. The Labute approximate surface area is 309 Å². The number of benzene rings is 6. The molecular weight excluding hydrogens is 623 g/mol. The molecule has 4 aliphatic rings. The Morgan fingerprint density at radius 3 is 2.04 bits per heavy atom. The number of hydrogen-bond donors (Lipinski definition) is 0. The van der Waals surface area contributed by atoms with Gasteiger partial charge in [0.05, 0.1) is 5.41 Å². The van der Waals surface area contributed by atoms with E-state index in [9.17, 15) is 0 Å². The maximum atomic E-state index is 2.56. The Kier molecular flexibility index (Phi) is 7.08. The normalized spacial score (nSPS) is 22.7. The van der Waals surface area contributed by atoms with Gasteiger partial charge < -0.3 is 0 Å². The van der Waals surface area contributed by atoms with Crippen LogP contribution in [-0.4, -0.2) is 6.71 Å². The first-order valence-corrected chi connectivity index (χ1v) is 19.6. The van der Waals surface area contributed by atoms with Gasteiger partial charge in [-0.3, -0.25) is 0 Å². The topological polar surface area (TPSA) is 0 Å². The Morgan fingerprint density at radius 1 is 0.577 bits per heavy atom. The summed E-state index contributed by atoms with van der Waals surface area (Å²) in [6, 6.07) is 40.2. The summed E-state index contributed by atoms with van der Waals surface area (Å²) in [6.45, 7) is 10.5. The molecule has 2 unspecified atom stereocenters. The standard InChI is InChI=1S/C51H47B/c1-49(2)32-52(33-50(49,3)4)47-25-15-23-42-38-20-11-12-21-39(38)44-30-34(27-29-43(44)48(42)47)35-26-28-41-40-22-13-14-24-45(40)51(46(41)31-35,36-16-7-5-8-17-36)37-18-9-6-10-19-37/h5,7-9,11-16,18-31,36H,6,10,17,32-33H2,1-4H3. The second kappa shape index (κ2) is 11.6. The largest absolute Gasteiger partial charge is 0.177 e. The van der Waals surface area contributed by atoms with Gasteiger partial charge >= 0.3 is 0 Å². The van der Waals surface area contributed by atoms with Crippen LogP contribution in [0, 0.1) is 16.7 Å². The van der Waals surface area contributed by atoms with E-state index in [0.717, 1.165) is 19.3 Å². The zero-order valence-electron chi connectivity index (χ0n) is 31.0. The average molecular weight is 671 g/mol. The summed E-state index contributed by atoms with van der Waals surface area (Å²) >= 11 is 0. The van der Waals surface area contributed by atoms with Gasteiger partial charge in [-0.25, -0.2) is 0 Å². The molecule has 6 aromatic carbocycles. The lowest BCUT2D eigenvalue weighted by Gasteiger charge is -2.41. The van der Waals surface area contributed by atoms with E-state index >= 15 is 0 Å². The van der Waals surface area contributed by atoms with Crippen molar-refractivity contribution in [1.82, 2.24) is 0 Å². The lowest BCUT2D eigenvalue weighted by molar-refractivity contribution is 0.177. The summed E-state index contributed by atoms with van der Waals surface area (Å²) in [4.78, 5) is 0. The van der Waals surface area contributed by atoms with Crippen molar-refractivity contribution in [2.75, 3.05) is 0 Å². The van der Waals surface area contributed by atoms with E-state index in [0.29, 0.717) is 23.5 Å². The molecule has 0 radical (unpaired) electrons. The van der Waals surface area contributed by atoms with Gasteiger partial charge in [0.2, 0.25) is 0 Å². The van der Waals surface area contributed by atoms with Crippen molar-refractivity contribution in [3.8, 4) is 22.3 Å². The molecule has 1 aliphatic heterocycles. The molecule has 3 aliphatic carbocycles. The fraction of sp³-hybridized carbons (Fsp3) is 0.255. The maximum absolute atomic E-state index is 2.56. The van der Waals surface area contributed by atoms with E-state index < -0.39 is 0 Å². The number of allylic oxidation sites excluding steroid dienone is 8. The van der Waals surface area contributed by atoms with Crippen molar-refractivity contribution in [2.45, 2.75) is 65.0 Å². The van der Waals surface area contributed by atoms with Crippen molar-refractivity contribution >= 4 is 44.5 Å². The van der Waals surface area contributed by atoms with E-state index in [-0.39, 0.29) is 5.41 Å². The van der Waals surface area contributed by atoms with Crippen LogP contribution >= 0.6 is 0 Å². The van der Waals surface area contributed by atoms with Crippen LogP contribution in [0.1, 0.15) is 58.1 Å². The summed E-state index contributed by atoms with van der Waals surface area (Å²) in [5, 5.41) is 8.29.